The van der Waals surface area contributed by atoms with Gasteiger partial charge < -0.3 is 10.1 Å². The van der Waals surface area contributed by atoms with E-state index in [0.29, 0.717) is 17.9 Å². The molecule has 0 aliphatic carbocycles. The molecule has 4 nitrogen and oxygen atoms in total. The normalized spacial score (nSPS) is 13.2. The molecule has 0 fully saturated rings. The van der Waals surface area contributed by atoms with Gasteiger partial charge in [-0.25, -0.2) is 12.8 Å². The van der Waals surface area contributed by atoms with E-state index in [1.54, 1.807) is 6.07 Å². The molecule has 1 aromatic carbocycles. The summed E-state index contributed by atoms with van der Waals surface area (Å²) in [5.41, 5.74) is 0.625. The average Bonchev–Trinajstić information content (AvgIpc) is 2.36. The van der Waals surface area contributed by atoms with Crippen molar-refractivity contribution in [3.63, 3.8) is 0 Å². The summed E-state index contributed by atoms with van der Waals surface area (Å²) < 4.78 is 42.1. The van der Waals surface area contributed by atoms with E-state index in [0.717, 1.165) is 6.42 Å². The van der Waals surface area contributed by atoms with Crippen molar-refractivity contribution in [2.45, 2.75) is 19.4 Å². The fourth-order valence-corrected chi connectivity index (χ4v) is 3.14. The summed E-state index contributed by atoms with van der Waals surface area (Å²) in [6.45, 7) is 2.65. The van der Waals surface area contributed by atoms with Gasteiger partial charge in [0, 0.05) is 23.9 Å². The van der Waals surface area contributed by atoms with Crippen LogP contribution in [-0.4, -0.2) is 34.1 Å². The van der Waals surface area contributed by atoms with E-state index in [-0.39, 0.29) is 10.2 Å². The first-order valence-electron chi connectivity index (χ1n) is 6.22. The number of methoxy groups -OCH3 is 1. The Hall–Kier alpha value is -0.660. The number of benzene rings is 1. The third-order valence-corrected chi connectivity index (χ3v) is 4.30. The highest BCUT2D eigenvalue weighted by molar-refractivity contribution is 9.10. The lowest BCUT2D eigenvalue weighted by Gasteiger charge is -2.21. The first-order valence-corrected chi connectivity index (χ1v) is 9.08. The minimum absolute atomic E-state index is 0.0680. The Morgan fingerprint density at radius 2 is 2.10 bits per heavy atom. The van der Waals surface area contributed by atoms with Crippen molar-refractivity contribution in [1.82, 2.24) is 5.32 Å². The fraction of sp³-hybridized carbons (Fsp3) is 0.538. The maximum absolute atomic E-state index is 13.5. The summed E-state index contributed by atoms with van der Waals surface area (Å²) in [6, 6.07) is 2.38. The predicted molar refractivity (Wildman–Crippen MR) is 81.4 cm³/mol. The molecule has 0 radical (unpaired) electrons. The van der Waals surface area contributed by atoms with Gasteiger partial charge in [-0.05, 0) is 35.0 Å². The number of ether oxygens (including phenoxy) is 1. The Kier molecular flexibility index (Phi) is 6.42. The SMILES string of the molecule is CCCNC(CS(C)(=O)=O)c1cc(Br)c(F)cc1OC. The molecule has 7 heteroatoms. The topological polar surface area (TPSA) is 55.4 Å². The summed E-state index contributed by atoms with van der Waals surface area (Å²) in [5.74, 6) is -0.177. The van der Waals surface area contributed by atoms with Gasteiger partial charge in [-0.3, -0.25) is 0 Å². The molecule has 20 heavy (non-hydrogen) atoms. The van der Waals surface area contributed by atoms with Crippen molar-refractivity contribution < 1.29 is 17.5 Å². The highest BCUT2D eigenvalue weighted by Gasteiger charge is 2.22. The van der Waals surface area contributed by atoms with Crippen LogP contribution in [0.15, 0.2) is 16.6 Å². The molecule has 0 bridgehead atoms. The molecule has 0 spiro atoms. The number of hydrogen-bond donors (Lipinski definition) is 1. The first kappa shape index (κ1) is 17.4. The molecule has 1 N–H and O–H groups in total. The quantitative estimate of drug-likeness (QED) is 0.804. The van der Waals surface area contributed by atoms with Crippen LogP contribution in [0.1, 0.15) is 24.9 Å². The van der Waals surface area contributed by atoms with Crippen LogP contribution in [0.5, 0.6) is 5.75 Å². The summed E-state index contributed by atoms with van der Waals surface area (Å²) in [5, 5.41) is 3.16. The van der Waals surface area contributed by atoms with E-state index >= 15 is 0 Å². The number of halogens is 2. The van der Waals surface area contributed by atoms with Crippen molar-refractivity contribution in [2.24, 2.45) is 0 Å². The van der Waals surface area contributed by atoms with Gasteiger partial charge in [-0.2, -0.15) is 0 Å². The van der Waals surface area contributed by atoms with Crippen LogP contribution in [0.25, 0.3) is 0 Å². The van der Waals surface area contributed by atoms with Crippen molar-refractivity contribution >= 4 is 25.8 Å². The number of nitrogens with one attached hydrogen (secondary N) is 1. The molecule has 0 amide bonds. The summed E-state index contributed by atoms with van der Waals surface area (Å²) in [6.07, 6.45) is 2.05. The van der Waals surface area contributed by atoms with Gasteiger partial charge in [0.15, 0.2) is 0 Å². The third kappa shape index (κ3) is 5.03. The maximum atomic E-state index is 13.5. The second kappa shape index (κ2) is 7.38. The number of rotatable bonds is 7. The van der Waals surface area contributed by atoms with Crippen LogP contribution >= 0.6 is 15.9 Å². The maximum Gasteiger partial charge on any atom is 0.149 e. The molecule has 0 aliphatic rings. The molecule has 0 aromatic heterocycles. The molecular weight excluding hydrogens is 349 g/mol. The lowest BCUT2D eigenvalue weighted by molar-refractivity contribution is 0.398. The van der Waals surface area contributed by atoms with Crippen molar-refractivity contribution in [2.75, 3.05) is 25.7 Å². The summed E-state index contributed by atoms with van der Waals surface area (Å²) in [7, 11) is -1.74. The molecule has 1 rings (SSSR count). The molecule has 1 aromatic rings. The number of hydrogen-bond acceptors (Lipinski definition) is 4. The van der Waals surface area contributed by atoms with E-state index in [4.69, 9.17) is 4.74 Å². The van der Waals surface area contributed by atoms with E-state index in [1.165, 1.54) is 19.4 Å². The second-order valence-electron chi connectivity index (χ2n) is 4.61. The third-order valence-electron chi connectivity index (χ3n) is 2.76. The van der Waals surface area contributed by atoms with Crippen molar-refractivity contribution in [3.8, 4) is 5.75 Å². The second-order valence-corrected chi connectivity index (χ2v) is 7.65. The van der Waals surface area contributed by atoms with Crippen LogP contribution < -0.4 is 10.1 Å². The zero-order valence-electron chi connectivity index (χ0n) is 11.7. The van der Waals surface area contributed by atoms with Gasteiger partial charge in [-0.15, -0.1) is 0 Å². The zero-order chi connectivity index (χ0) is 15.3. The largest absolute Gasteiger partial charge is 0.496 e. The average molecular weight is 368 g/mol. The predicted octanol–water partition coefficient (Wildman–Crippen LogP) is 2.68. The van der Waals surface area contributed by atoms with Crippen molar-refractivity contribution in [1.29, 1.82) is 0 Å². The lowest BCUT2D eigenvalue weighted by atomic mass is 10.1. The molecule has 1 unspecified atom stereocenters. The Bertz CT molecular complexity index is 563. The highest BCUT2D eigenvalue weighted by Crippen LogP contribution is 2.31. The molecule has 0 heterocycles. The minimum Gasteiger partial charge on any atom is -0.496 e. The first-order chi connectivity index (χ1) is 9.28. The van der Waals surface area contributed by atoms with Gasteiger partial charge in [0.05, 0.1) is 17.3 Å². The molecular formula is C13H19BrFNO3S. The lowest BCUT2D eigenvalue weighted by Crippen LogP contribution is -2.29. The van der Waals surface area contributed by atoms with Crippen molar-refractivity contribution in [3.05, 3.63) is 28.0 Å². The van der Waals surface area contributed by atoms with Gasteiger partial charge >= 0.3 is 0 Å². The van der Waals surface area contributed by atoms with Gasteiger partial charge in [-0.1, -0.05) is 6.92 Å². The van der Waals surface area contributed by atoms with E-state index < -0.39 is 21.7 Å². The Morgan fingerprint density at radius 1 is 1.45 bits per heavy atom. The molecule has 0 aliphatic heterocycles. The zero-order valence-corrected chi connectivity index (χ0v) is 14.1. The Labute approximate surface area is 127 Å². The minimum atomic E-state index is -3.18. The monoisotopic (exact) mass is 367 g/mol. The van der Waals surface area contributed by atoms with E-state index in [1.807, 2.05) is 6.92 Å². The van der Waals surface area contributed by atoms with E-state index in [2.05, 4.69) is 21.2 Å². The molecule has 0 saturated carbocycles. The van der Waals surface area contributed by atoms with E-state index in [9.17, 15) is 12.8 Å². The van der Waals surface area contributed by atoms with Crippen LogP contribution in [0.2, 0.25) is 0 Å². The summed E-state index contributed by atoms with van der Waals surface area (Å²) >= 11 is 3.12. The standard InChI is InChI=1S/C13H19BrFNO3S/c1-4-5-16-12(8-20(3,17)18)9-6-10(14)11(15)7-13(9)19-2/h6-7,12,16H,4-5,8H2,1-3H3. The molecule has 0 saturated heterocycles. The fourth-order valence-electron chi connectivity index (χ4n) is 1.87. The molecule has 1 atom stereocenters. The van der Waals surface area contributed by atoms with Crippen LogP contribution in [0.4, 0.5) is 4.39 Å². The molecule has 114 valence electrons. The smallest absolute Gasteiger partial charge is 0.149 e. The van der Waals surface area contributed by atoms with Gasteiger partial charge in [0.2, 0.25) is 0 Å². The Balaban J connectivity index is 3.21. The Morgan fingerprint density at radius 3 is 2.60 bits per heavy atom. The van der Waals surface area contributed by atoms with Crippen LogP contribution in [0.3, 0.4) is 0 Å². The van der Waals surface area contributed by atoms with Gasteiger partial charge in [0.1, 0.15) is 21.4 Å². The summed E-state index contributed by atoms with van der Waals surface area (Å²) in [4.78, 5) is 0. The van der Waals surface area contributed by atoms with Crippen LogP contribution in [-0.2, 0) is 9.84 Å². The highest BCUT2D eigenvalue weighted by atomic mass is 79.9. The van der Waals surface area contributed by atoms with Gasteiger partial charge in [0.25, 0.3) is 0 Å². The van der Waals surface area contributed by atoms with Crippen LogP contribution in [0, 0.1) is 5.82 Å². The number of sulfone groups is 1.